The lowest BCUT2D eigenvalue weighted by molar-refractivity contribution is -0.128. The van der Waals surface area contributed by atoms with Gasteiger partial charge in [0, 0.05) is 6.07 Å². The van der Waals surface area contributed by atoms with Gasteiger partial charge in [-0.3, -0.25) is 9.59 Å². The standard InChI is InChI=1S/C16H13Cl3N2O3/c17-10-6-12(19)13(7-11(10)18)24-8-14(22)21-15(16(20)23)9-4-2-1-3-5-9/h1-7,15H,8H2,(H2,20,23)(H,21,22). The summed E-state index contributed by atoms with van der Waals surface area (Å²) in [7, 11) is 0. The molecule has 2 aromatic rings. The molecule has 0 saturated heterocycles. The monoisotopic (exact) mass is 386 g/mol. The smallest absolute Gasteiger partial charge is 0.258 e. The first-order chi connectivity index (χ1) is 11.4. The van der Waals surface area contributed by atoms with E-state index >= 15 is 0 Å². The molecule has 0 aliphatic carbocycles. The predicted octanol–water partition coefficient (Wildman–Crippen LogP) is 3.37. The van der Waals surface area contributed by atoms with Crippen LogP contribution in [-0.2, 0) is 9.59 Å². The predicted molar refractivity (Wildman–Crippen MR) is 93.5 cm³/mol. The summed E-state index contributed by atoms with van der Waals surface area (Å²) in [5.41, 5.74) is 5.91. The summed E-state index contributed by atoms with van der Waals surface area (Å²) >= 11 is 17.7. The molecule has 0 spiro atoms. The van der Waals surface area contributed by atoms with Crippen LogP contribution in [0, 0.1) is 0 Å². The third-order valence-corrected chi connectivity index (χ3v) is 4.07. The van der Waals surface area contributed by atoms with Crippen molar-refractivity contribution in [3.63, 3.8) is 0 Å². The van der Waals surface area contributed by atoms with Crippen molar-refractivity contribution >= 4 is 46.6 Å². The third-order valence-electron chi connectivity index (χ3n) is 3.06. The molecule has 2 aromatic carbocycles. The van der Waals surface area contributed by atoms with E-state index in [4.69, 9.17) is 45.3 Å². The molecule has 0 aromatic heterocycles. The Morgan fingerprint density at radius 2 is 1.67 bits per heavy atom. The maximum Gasteiger partial charge on any atom is 0.258 e. The van der Waals surface area contributed by atoms with Gasteiger partial charge < -0.3 is 15.8 Å². The van der Waals surface area contributed by atoms with Crippen molar-refractivity contribution in [2.45, 2.75) is 6.04 Å². The van der Waals surface area contributed by atoms with Gasteiger partial charge in [0.15, 0.2) is 6.61 Å². The largest absolute Gasteiger partial charge is 0.482 e. The van der Waals surface area contributed by atoms with Crippen molar-refractivity contribution in [1.82, 2.24) is 5.32 Å². The van der Waals surface area contributed by atoms with Crippen LogP contribution in [0.5, 0.6) is 5.75 Å². The molecule has 8 heteroatoms. The van der Waals surface area contributed by atoms with E-state index in [1.54, 1.807) is 30.3 Å². The van der Waals surface area contributed by atoms with Crippen LogP contribution in [0.15, 0.2) is 42.5 Å². The molecule has 0 aliphatic heterocycles. The number of rotatable bonds is 6. The van der Waals surface area contributed by atoms with E-state index in [-0.39, 0.29) is 27.4 Å². The lowest BCUT2D eigenvalue weighted by Gasteiger charge is -2.16. The topological polar surface area (TPSA) is 81.4 Å². The number of halogens is 3. The average molecular weight is 388 g/mol. The molecule has 0 fully saturated rings. The molecule has 0 heterocycles. The lowest BCUT2D eigenvalue weighted by atomic mass is 10.1. The van der Waals surface area contributed by atoms with Gasteiger partial charge in [0.2, 0.25) is 5.91 Å². The summed E-state index contributed by atoms with van der Waals surface area (Å²) in [5, 5.41) is 3.24. The van der Waals surface area contributed by atoms with E-state index in [0.717, 1.165) is 0 Å². The number of nitrogens with one attached hydrogen (secondary N) is 1. The highest BCUT2D eigenvalue weighted by Gasteiger charge is 2.20. The summed E-state index contributed by atoms with van der Waals surface area (Å²) in [6.45, 7) is -0.367. The number of ether oxygens (including phenoxy) is 1. The first-order valence-electron chi connectivity index (χ1n) is 6.79. The first kappa shape index (κ1) is 18.4. The molecular formula is C16H13Cl3N2O3. The average Bonchev–Trinajstić information content (AvgIpc) is 2.55. The summed E-state index contributed by atoms with van der Waals surface area (Å²) in [6.07, 6.45) is 0. The number of carbonyl (C=O) groups excluding carboxylic acids is 2. The number of nitrogens with two attached hydrogens (primary N) is 1. The maximum atomic E-state index is 12.0. The number of hydrogen-bond donors (Lipinski definition) is 2. The van der Waals surface area contributed by atoms with Crippen LogP contribution in [0.3, 0.4) is 0 Å². The summed E-state index contributed by atoms with van der Waals surface area (Å²) in [4.78, 5) is 23.6. The van der Waals surface area contributed by atoms with Crippen molar-refractivity contribution in [3.05, 3.63) is 63.1 Å². The van der Waals surface area contributed by atoms with Crippen LogP contribution in [0.25, 0.3) is 0 Å². The van der Waals surface area contributed by atoms with E-state index < -0.39 is 17.9 Å². The molecule has 2 rings (SSSR count). The van der Waals surface area contributed by atoms with Crippen LogP contribution in [0.4, 0.5) is 0 Å². The fraction of sp³-hybridized carbons (Fsp3) is 0.125. The molecule has 1 unspecified atom stereocenters. The van der Waals surface area contributed by atoms with Crippen LogP contribution < -0.4 is 15.8 Å². The Morgan fingerprint density at radius 3 is 2.29 bits per heavy atom. The second-order valence-corrected chi connectivity index (χ2v) is 6.02. The molecule has 0 aliphatic rings. The van der Waals surface area contributed by atoms with E-state index in [0.29, 0.717) is 5.56 Å². The Bertz CT molecular complexity index is 754. The third kappa shape index (κ3) is 4.77. The SMILES string of the molecule is NC(=O)C(NC(=O)COc1cc(Cl)c(Cl)cc1Cl)c1ccccc1. The molecule has 0 radical (unpaired) electrons. The van der Waals surface area contributed by atoms with Gasteiger partial charge >= 0.3 is 0 Å². The second kappa shape index (κ2) is 8.24. The Hall–Kier alpha value is -1.95. The van der Waals surface area contributed by atoms with Crippen molar-refractivity contribution < 1.29 is 14.3 Å². The molecule has 1 atom stereocenters. The van der Waals surface area contributed by atoms with Crippen LogP contribution >= 0.6 is 34.8 Å². The quantitative estimate of drug-likeness (QED) is 0.746. The highest BCUT2D eigenvalue weighted by Crippen LogP contribution is 2.33. The van der Waals surface area contributed by atoms with E-state index in [1.165, 1.54) is 12.1 Å². The van der Waals surface area contributed by atoms with Crippen molar-refractivity contribution in [3.8, 4) is 5.75 Å². The van der Waals surface area contributed by atoms with Gasteiger partial charge in [-0.15, -0.1) is 0 Å². The minimum absolute atomic E-state index is 0.205. The van der Waals surface area contributed by atoms with Crippen LogP contribution in [0.1, 0.15) is 11.6 Å². The number of primary amides is 1. The summed E-state index contributed by atoms with van der Waals surface area (Å²) < 4.78 is 5.31. The van der Waals surface area contributed by atoms with E-state index in [9.17, 15) is 9.59 Å². The number of carbonyl (C=O) groups is 2. The zero-order chi connectivity index (χ0) is 17.7. The number of benzene rings is 2. The van der Waals surface area contributed by atoms with Gasteiger partial charge in [0.05, 0.1) is 15.1 Å². The zero-order valence-corrected chi connectivity index (χ0v) is 14.5. The fourth-order valence-electron chi connectivity index (χ4n) is 1.93. The summed E-state index contributed by atoms with van der Waals surface area (Å²) in [5.74, 6) is -1.01. The molecule has 24 heavy (non-hydrogen) atoms. The summed E-state index contributed by atoms with van der Waals surface area (Å²) in [6, 6.07) is 10.5. The van der Waals surface area contributed by atoms with Gasteiger partial charge in [-0.1, -0.05) is 65.1 Å². The maximum absolute atomic E-state index is 12.0. The minimum Gasteiger partial charge on any atom is -0.482 e. The van der Waals surface area contributed by atoms with Gasteiger partial charge in [-0.05, 0) is 11.6 Å². The van der Waals surface area contributed by atoms with Gasteiger partial charge in [-0.25, -0.2) is 0 Å². The normalized spacial score (nSPS) is 11.6. The molecule has 5 nitrogen and oxygen atoms in total. The first-order valence-corrected chi connectivity index (χ1v) is 7.93. The zero-order valence-electron chi connectivity index (χ0n) is 12.3. The molecule has 0 bridgehead atoms. The van der Waals surface area contributed by atoms with Gasteiger partial charge in [-0.2, -0.15) is 0 Å². The van der Waals surface area contributed by atoms with E-state index in [1.807, 2.05) is 0 Å². The molecule has 126 valence electrons. The molecule has 3 N–H and O–H groups in total. The van der Waals surface area contributed by atoms with Crippen LogP contribution in [0.2, 0.25) is 15.1 Å². The molecular weight excluding hydrogens is 375 g/mol. The van der Waals surface area contributed by atoms with Gasteiger partial charge in [0.1, 0.15) is 11.8 Å². The lowest BCUT2D eigenvalue weighted by Crippen LogP contribution is -2.39. The molecule has 0 saturated carbocycles. The highest BCUT2D eigenvalue weighted by atomic mass is 35.5. The Balaban J connectivity index is 2.02. The Labute approximate surface area is 153 Å². The Kier molecular flexibility index (Phi) is 6.31. The second-order valence-electron chi connectivity index (χ2n) is 4.80. The fourth-order valence-corrected chi connectivity index (χ4v) is 2.52. The van der Waals surface area contributed by atoms with Crippen molar-refractivity contribution in [1.29, 1.82) is 0 Å². The van der Waals surface area contributed by atoms with Crippen LogP contribution in [-0.4, -0.2) is 18.4 Å². The molecule has 2 amide bonds. The van der Waals surface area contributed by atoms with Crippen molar-refractivity contribution in [2.24, 2.45) is 5.73 Å². The minimum atomic E-state index is -0.952. The number of hydrogen-bond acceptors (Lipinski definition) is 3. The number of amides is 2. The van der Waals surface area contributed by atoms with Gasteiger partial charge in [0.25, 0.3) is 5.91 Å². The Morgan fingerprint density at radius 1 is 1.04 bits per heavy atom. The highest BCUT2D eigenvalue weighted by molar-refractivity contribution is 6.43. The van der Waals surface area contributed by atoms with Crippen molar-refractivity contribution in [2.75, 3.05) is 6.61 Å². The van der Waals surface area contributed by atoms with E-state index in [2.05, 4.69) is 5.32 Å².